The average Bonchev–Trinajstić information content (AvgIpc) is 2.11. The van der Waals surface area contributed by atoms with E-state index in [1.54, 1.807) is 13.8 Å². The van der Waals surface area contributed by atoms with Gasteiger partial charge in [-0.25, -0.2) is 0 Å². The molecule has 1 unspecified atom stereocenters. The molecule has 16 heavy (non-hydrogen) atoms. The van der Waals surface area contributed by atoms with Crippen LogP contribution in [0.25, 0.3) is 0 Å². The van der Waals surface area contributed by atoms with Gasteiger partial charge in [0, 0.05) is 13.7 Å². The maximum absolute atomic E-state index is 11.2. The molecule has 0 aliphatic carbocycles. The zero-order chi connectivity index (χ0) is 12.8. The first-order chi connectivity index (χ1) is 7.34. The minimum absolute atomic E-state index is 0.149. The molecule has 0 saturated carbocycles. The third-order valence-electron chi connectivity index (χ3n) is 2.21. The van der Waals surface area contributed by atoms with E-state index in [1.165, 1.54) is 13.2 Å². The summed E-state index contributed by atoms with van der Waals surface area (Å²) in [7, 11) is 1.45. The van der Waals surface area contributed by atoms with Crippen LogP contribution in [-0.2, 0) is 14.3 Å². The van der Waals surface area contributed by atoms with Crippen molar-refractivity contribution in [1.82, 2.24) is 0 Å². The van der Waals surface area contributed by atoms with Gasteiger partial charge < -0.3 is 14.9 Å². The van der Waals surface area contributed by atoms with Crippen LogP contribution < -0.4 is 0 Å². The van der Waals surface area contributed by atoms with Gasteiger partial charge in [-0.2, -0.15) is 0 Å². The van der Waals surface area contributed by atoms with E-state index in [-0.39, 0.29) is 13.0 Å². The molecule has 0 aliphatic rings. The van der Waals surface area contributed by atoms with Crippen molar-refractivity contribution in [2.45, 2.75) is 26.7 Å². The van der Waals surface area contributed by atoms with Gasteiger partial charge in [-0.05, 0) is 20.3 Å². The van der Waals surface area contributed by atoms with E-state index in [9.17, 15) is 14.7 Å². The number of hydrogen-bond donors (Lipinski definition) is 2. The molecule has 0 aromatic rings. The summed E-state index contributed by atoms with van der Waals surface area (Å²) in [5.41, 5.74) is -0.597. The van der Waals surface area contributed by atoms with E-state index in [4.69, 9.17) is 9.84 Å². The average molecular weight is 230 g/mol. The highest BCUT2D eigenvalue weighted by atomic mass is 16.5. The highest BCUT2D eigenvalue weighted by Gasteiger charge is 2.38. The molecule has 0 amide bonds. The molecule has 0 spiro atoms. The van der Waals surface area contributed by atoms with Crippen LogP contribution >= 0.6 is 0 Å². The van der Waals surface area contributed by atoms with Gasteiger partial charge in [-0.1, -0.05) is 11.6 Å². The number of ether oxygens (including phenoxy) is 1. The van der Waals surface area contributed by atoms with E-state index in [1.807, 2.05) is 0 Å². The van der Waals surface area contributed by atoms with Crippen molar-refractivity contribution in [2.75, 3.05) is 13.7 Å². The number of aliphatic carboxylic acids is 2. The van der Waals surface area contributed by atoms with Gasteiger partial charge in [0.2, 0.25) is 0 Å². The van der Waals surface area contributed by atoms with Crippen LogP contribution in [-0.4, -0.2) is 35.9 Å². The van der Waals surface area contributed by atoms with Crippen LogP contribution in [0.5, 0.6) is 0 Å². The Bertz CT molecular complexity index is 291. The van der Waals surface area contributed by atoms with Crippen LogP contribution in [0, 0.1) is 5.41 Å². The highest BCUT2D eigenvalue weighted by molar-refractivity contribution is 5.83. The third-order valence-corrected chi connectivity index (χ3v) is 2.21. The quantitative estimate of drug-likeness (QED) is 0.648. The predicted octanol–water partition coefficient (Wildman–Crippen LogP) is 1.53. The molecule has 1 atom stereocenters. The fourth-order valence-electron chi connectivity index (χ4n) is 1.56. The Morgan fingerprint density at radius 1 is 1.31 bits per heavy atom. The zero-order valence-corrected chi connectivity index (χ0v) is 9.82. The molecule has 0 heterocycles. The Morgan fingerprint density at radius 2 is 1.88 bits per heavy atom. The Morgan fingerprint density at radius 3 is 2.19 bits per heavy atom. The molecule has 0 fully saturated rings. The molecule has 0 aromatic carbocycles. The van der Waals surface area contributed by atoms with Crippen LogP contribution in [0.2, 0.25) is 0 Å². The first-order valence-corrected chi connectivity index (χ1v) is 4.94. The van der Waals surface area contributed by atoms with Crippen molar-refractivity contribution in [1.29, 1.82) is 0 Å². The Kier molecular flexibility index (Phi) is 5.74. The second-order valence-electron chi connectivity index (χ2n) is 4.00. The predicted molar refractivity (Wildman–Crippen MR) is 58.2 cm³/mol. The number of hydrogen-bond acceptors (Lipinski definition) is 3. The first kappa shape index (κ1) is 14.6. The van der Waals surface area contributed by atoms with Gasteiger partial charge in [-0.15, -0.1) is 0 Å². The second kappa shape index (κ2) is 6.27. The van der Waals surface area contributed by atoms with Gasteiger partial charge in [0.15, 0.2) is 0 Å². The molecule has 0 rings (SSSR count). The molecule has 92 valence electrons. The third kappa shape index (κ3) is 4.44. The van der Waals surface area contributed by atoms with E-state index in [2.05, 4.69) is 0 Å². The lowest BCUT2D eigenvalue weighted by atomic mass is 9.80. The van der Waals surface area contributed by atoms with Crippen molar-refractivity contribution in [3.8, 4) is 0 Å². The summed E-state index contributed by atoms with van der Waals surface area (Å²) >= 11 is 0. The minimum Gasteiger partial charge on any atom is -0.481 e. The summed E-state index contributed by atoms with van der Waals surface area (Å²) in [6, 6.07) is 0. The number of allylic oxidation sites excluding steroid dienone is 1. The normalized spacial score (nSPS) is 13.9. The van der Waals surface area contributed by atoms with E-state index < -0.39 is 23.8 Å². The molecule has 5 nitrogen and oxygen atoms in total. The van der Waals surface area contributed by atoms with Gasteiger partial charge >= 0.3 is 11.9 Å². The largest absolute Gasteiger partial charge is 0.481 e. The van der Waals surface area contributed by atoms with Gasteiger partial charge in [-0.3, -0.25) is 9.59 Å². The molecule has 0 aliphatic heterocycles. The maximum atomic E-state index is 11.2. The summed E-state index contributed by atoms with van der Waals surface area (Å²) < 4.78 is 4.83. The Hall–Kier alpha value is -1.36. The van der Waals surface area contributed by atoms with Crippen molar-refractivity contribution in [3.63, 3.8) is 0 Å². The number of methoxy groups -OCH3 is 1. The molecule has 0 radical (unpaired) electrons. The van der Waals surface area contributed by atoms with Crippen molar-refractivity contribution < 1.29 is 24.5 Å². The molecule has 0 bridgehead atoms. The molecular formula is C11H18O5. The zero-order valence-electron chi connectivity index (χ0n) is 9.82. The van der Waals surface area contributed by atoms with E-state index in [0.29, 0.717) is 0 Å². The molecule has 0 aromatic heterocycles. The highest BCUT2D eigenvalue weighted by Crippen LogP contribution is 2.30. The number of rotatable bonds is 7. The fourth-order valence-corrected chi connectivity index (χ4v) is 1.56. The molecule has 2 N–H and O–H groups in total. The fraction of sp³-hybridized carbons (Fsp3) is 0.636. The lowest BCUT2D eigenvalue weighted by molar-refractivity contribution is -0.153. The monoisotopic (exact) mass is 230 g/mol. The Labute approximate surface area is 94.7 Å². The van der Waals surface area contributed by atoms with Gasteiger partial charge in [0.1, 0.15) is 0 Å². The maximum Gasteiger partial charge on any atom is 0.314 e. The Balaban J connectivity index is 5.12. The summed E-state index contributed by atoms with van der Waals surface area (Å²) in [5, 5.41) is 18.0. The van der Waals surface area contributed by atoms with Gasteiger partial charge in [0.25, 0.3) is 0 Å². The molecule has 0 saturated heterocycles. The standard InChI is InChI=1S/C11H18O5/c1-8(2)6-11(10(14)15,4-5-16-3)7-9(12)13/h6H,4-5,7H2,1-3H3,(H,12,13)(H,14,15). The second-order valence-corrected chi connectivity index (χ2v) is 4.00. The van der Waals surface area contributed by atoms with Crippen molar-refractivity contribution in [3.05, 3.63) is 11.6 Å². The summed E-state index contributed by atoms with van der Waals surface area (Å²) in [6.45, 7) is 3.70. The number of carbonyl (C=O) groups is 2. The van der Waals surface area contributed by atoms with Crippen molar-refractivity contribution in [2.24, 2.45) is 5.41 Å². The van der Waals surface area contributed by atoms with Crippen LogP contribution in [0.4, 0.5) is 0 Å². The topological polar surface area (TPSA) is 83.8 Å². The lowest BCUT2D eigenvalue weighted by Crippen LogP contribution is -2.33. The van der Waals surface area contributed by atoms with E-state index in [0.717, 1.165) is 5.57 Å². The number of carboxylic acid groups (broad SMARTS) is 2. The lowest BCUT2D eigenvalue weighted by Gasteiger charge is -2.24. The molecular weight excluding hydrogens is 212 g/mol. The van der Waals surface area contributed by atoms with Crippen molar-refractivity contribution >= 4 is 11.9 Å². The van der Waals surface area contributed by atoms with Gasteiger partial charge in [0.05, 0.1) is 11.8 Å². The van der Waals surface area contributed by atoms with Crippen LogP contribution in [0.3, 0.4) is 0 Å². The van der Waals surface area contributed by atoms with Crippen LogP contribution in [0.1, 0.15) is 26.7 Å². The number of carboxylic acids is 2. The minimum atomic E-state index is -1.37. The molecule has 5 heteroatoms. The smallest absolute Gasteiger partial charge is 0.314 e. The first-order valence-electron chi connectivity index (χ1n) is 4.94. The summed E-state index contributed by atoms with van der Waals surface area (Å²) in [5.74, 6) is -2.26. The van der Waals surface area contributed by atoms with Crippen LogP contribution in [0.15, 0.2) is 11.6 Å². The SMILES string of the molecule is COCCC(C=C(C)C)(CC(=O)O)C(=O)O. The summed E-state index contributed by atoms with van der Waals surface area (Å²) in [4.78, 5) is 22.0. The van der Waals surface area contributed by atoms with E-state index >= 15 is 0 Å². The summed E-state index contributed by atoms with van der Waals surface area (Å²) in [6.07, 6.45) is 1.20.